The molecule has 8 nitrogen and oxygen atoms in total. The van der Waals surface area contributed by atoms with E-state index in [4.69, 9.17) is 10.00 Å². The van der Waals surface area contributed by atoms with Crippen molar-refractivity contribution in [1.29, 1.82) is 5.26 Å². The first-order valence-electron chi connectivity index (χ1n) is 9.43. The molecule has 0 aromatic heterocycles. The summed E-state index contributed by atoms with van der Waals surface area (Å²) in [5, 5.41) is 8.99. The Morgan fingerprint density at radius 2 is 1.77 bits per heavy atom. The predicted molar refractivity (Wildman–Crippen MR) is 109 cm³/mol. The zero-order valence-electron chi connectivity index (χ0n) is 16.2. The first-order valence-corrected chi connectivity index (χ1v) is 10.9. The molecule has 2 aromatic carbocycles. The molecule has 30 heavy (non-hydrogen) atoms. The van der Waals surface area contributed by atoms with Crippen molar-refractivity contribution in [3.8, 4) is 6.07 Å². The Labute approximate surface area is 175 Å². The topological polar surface area (TPSA) is 108 Å². The number of amides is 1. The Hall–Kier alpha value is -3.22. The lowest BCUT2D eigenvalue weighted by atomic mass is 10.2. The fourth-order valence-electron chi connectivity index (χ4n) is 3.15. The average Bonchev–Trinajstić information content (AvgIpc) is 3.32. The van der Waals surface area contributed by atoms with Gasteiger partial charge in [-0.25, -0.2) is 13.2 Å². The van der Waals surface area contributed by atoms with Crippen LogP contribution in [0.5, 0.6) is 0 Å². The van der Waals surface area contributed by atoms with Gasteiger partial charge in [0.05, 0.1) is 16.5 Å². The van der Waals surface area contributed by atoms with Crippen molar-refractivity contribution in [2.45, 2.75) is 17.7 Å². The van der Waals surface area contributed by atoms with E-state index >= 15 is 0 Å². The van der Waals surface area contributed by atoms with Gasteiger partial charge in [0.1, 0.15) is 6.54 Å². The minimum Gasteiger partial charge on any atom is -0.452 e. The average molecular weight is 427 g/mol. The van der Waals surface area contributed by atoms with Crippen LogP contribution in [0, 0.1) is 11.3 Å². The maximum Gasteiger partial charge on any atom is 0.338 e. The summed E-state index contributed by atoms with van der Waals surface area (Å²) in [5.41, 5.74) is 0.549. The van der Waals surface area contributed by atoms with Crippen molar-refractivity contribution >= 4 is 27.6 Å². The van der Waals surface area contributed by atoms with Gasteiger partial charge in [0.2, 0.25) is 10.0 Å². The van der Waals surface area contributed by atoms with Crippen LogP contribution in [0.3, 0.4) is 0 Å². The van der Waals surface area contributed by atoms with Gasteiger partial charge in [0.25, 0.3) is 5.91 Å². The van der Waals surface area contributed by atoms with Gasteiger partial charge in [-0.05, 0) is 43.2 Å². The molecule has 1 saturated heterocycles. The summed E-state index contributed by atoms with van der Waals surface area (Å²) < 4.78 is 31.8. The molecule has 0 atom stereocenters. The Kier molecular flexibility index (Phi) is 6.82. The third kappa shape index (κ3) is 4.84. The van der Waals surface area contributed by atoms with E-state index in [9.17, 15) is 18.0 Å². The smallest absolute Gasteiger partial charge is 0.338 e. The second kappa shape index (κ2) is 9.52. The zero-order chi connectivity index (χ0) is 21.6. The Balaban J connectivity index is 1.69. The van der Waals surface area contributed by atoms with E-state index in [2.05, 4.69) is 0 Å². The molecule has 3 rings (SSSR count). The SMILES string of the molecule is N#CCN(C(=O)COC(=O)c1cccc(S(=O)(=O)N2CCCC2)c1)c1ccccc1. The highest BCUT2D eigenvalue weighted by molar-refractivity contribution is 7.89. The highest BCUT2D eigenvalue weighted by Crippen LogP contribution is 2.22. The number of esters is 1. The maximum atomic E-state index is 12.7. The molecular weight excluding hydrogens is 406 g/mol. The number of rotatable bonds is 7. The predicted octanol–water partition coefficient (Wildman–Crippen LogP) is 2.18. The number of hydrogen-bond donors (Lipinski definition) is 0. The van der Waals surface area contributed by atoms with Crippen molar-refractivity contribution in [3.63, 3.8) is 0 Å². The van der Waals surface area contributed by atoms with Gasteiger partial charge < -0.3 is 4.74 Å². The third-order valence-electron chi connectivity index (χ3n) is 4.70. The Bertz CT molecular complexity index is 1060. The summed E-state index contributed by atoms with van der Waals surface area (Å²) in [4.78, 5) is 26.1. The summed E-state index contributed by atoms with van der Waals surface area (Å²) in [6.45, 7) is 0.155. The molecular formula is C21H21N3O5S. The van der Waals surface area contributed by atoms with Crippen LogP contribution in [0.25, 0.3) is 0 Å². The van der Waals surface area contributed by atoms with Gasteiger partial charge in [-0.1, -0.05) is 24.3 Å². The van der Waals surface area contributed by atoms with E-state index in [0.717, 1.165) is 12.8 Å². The minimum atomic E-state index is -3.67. The van der Waals surface area contributed by atoms with E-state index in [1.54, 1.807) is 30.3 Å². The molecule has 2 aromatic rings. The molecule has 1 heterocycles. The fourth-order valence-corrected chi connectivity index (χ4v) is 4.72. The number of ether oxygens (including phenoxy) is 1. The quantitative estimate of drug-likeness (QED) is 0.495. The van der Waals surface area contributed by atoms with E-state index in [1.807, 2.05) is 6.07 Å². The van der Waals surface area contributed by atoms with Crippen molar-refractivity contribution in [3.05, 3.63) is 60.2 Å². The molecule has 1 aliphatic heterocycles. The van der Waals surface area contributed by atoms with E-state index in [0.29, 0.717) is 18.8 Å². The fraction of sp³-hybridized carbons (Fsp3) is 0.286. The second-order valence-corrected chi connectivity index (χ2v) is 8.63. The van der Waals surface area contributed by atoms with Crippen molar-refractivity contribution in [2.75, 3.05) is 31.1 Å². The number of carbonyl (C=O) groups excluding carboxylic acids is 2. The molecule has 9 heteroatoms. The van der Waals surface area contributed by atoms with Gasteiger partial charge >= 0.3 is 5.97 Å². The normalized spacial score (nSPS) is 14.1. The third-order valence-corrected chi connectivity index (χ3v) is 6.59. The van der Waals surface area contributed by atoms with Crippen LogP contribution in [0.15, 0.2) is 59.5 Å². The van der Waals surface area contributed by atoms with Crippen LogP contribution in [0.4, 0.5) is 5.69 Å². The number of nitriles is 1. The van der Waals surface area contributed by atoms with Crippen LogP contribution in [0.1, 0.15) is 23.2 Å². The van der Waals surface area contributed by atoms with Crippen LogP contribution >= 0.6 is 0 Å². The monoisotopic (exact) mass is 427 g/mol. The minimum absolute atomic E-state index is 0.0144. The Morgan fingerprint density at radius 1 is 1.07 bits per heavy atom. The number of para-hydroxylation sites is 1. The number of anilines is 1. The molecule has 0 saturated carbocycles. The van der Waals surface area contributed by atoms with Crippen molar-refractivity contribution in [2.24, 2.45) is 0 Å². The van der Waals surface area contributed by atoms with Crippen molar-refractivity contribution < 1.29 is 22.7 Å². The molecule has 1 fully saturated rings. The maximum absolute atomic E-state index is 12.7. The highest BCUT2D eigenvalue weighted by Gasteiger charge is 2.28. The van der Waals surface area contributed by atoms with E-state index < -0.39 is 28.5 Å². The van der Waals surface area contributed by atoms with Gasteiger partial charge in [0.15, 0.2) is 6.61 Å². The number of benzene rings is 2. The molecule has 1 aliphatic rings. The van der Waals surface area contributed by atoms with E-state index in [-0.39, 0.29) is 17.0 Å². The largest absolute Gasteiger partial charge is 0.452 e. The van der Waals surface area contributed by atoms with E-state index in [1.165, 1.54) is 33.5 Å². The molecule has 0 spiro atoms. The van der Waals surface area contributed by atoms with Crippen LogP contribution in [-0.2, 0) is 19.6 Å². The van der Waals surface area contributed by atoms with Gasteiger partial charge in [-0.3, -0.25) is 9.69 Å². The lowest BCUT2D eigenvalue weighted by Crippen LogP contribution is -2.35. The first kappa shape index (κ1) is 21.5. The molecule has 156 valence electrons. The molecule has 0 radical (unpaired) electrons. The van der Waals surface area contributed by atoms with Crippen molar-refractivity contribution in [1.82, 2.24) is 4.31 Å². The number of nitrogens with zero attached hydrogens (tertiary/aromatic N) is 3. The van der Waals surface area contributed by atoms with Gasteiger partial charge in [-0.2, -0.15) is 9.57 Å². The second-order valence-electron chi connectivity index (χ2n) is 6.69. The highest BCUT2D eigenvalue weighted by atomic mass is 32.2. The number of hydrogen-bond acceptors (Lipinski definition) is 6. The lowest BCUT2D eigenvalue weighted by molar-refractivity contribution is -0.121. The summed E-state index contributed by atoms with van der Waals surface area (Å²) in [6, 6.07) is 16.1. The Morgan fingerprint density at radius 3 is 2.43 bits per heavy atom. The van der Waals surface area contributed by atoms with Crippen LogP contribution in [0.2, 0.25) is 0 Å². The standard InChI is InChI=1S/C21H21N3O5S/c22-11-14-24(18-8-2-1-3-9-18)20(25)16-29-21(26)17-7-6-10-19(15-17)30(27,28)23-12-4-5-13-23/h1-3,6-10,15H,4-5,12-14,16H2. The number of carbonyl (C=O) groups is 2. The van der Waals surface area contributed by atoms with Crippen LogP contribution < -0.4 is 4.90 Å². The van der Waals surface area contributed by atoms with Crippen LogP contribution in [-0.4, -0.2) is 50.8 Å². The molecule has 0 unspecified atom stereocenters. The molecule has 0 aliphatic carbocycles. The first-order chi connectivity index (χ1) is 14.4. The summed E-state index contributed by atoms with van der Waals surface area (Å²) in [5.74, 6) is -1.37. The summed E-state index contributed by atoms with van der Waals surface area (Å²) in [7, 11) is -3.67. The summed E-state index contributed by atoms with van der Waals surface area (Å²) in [6.07, 6.45) is 1.62. The molecule has 0 N–H and O–H groups in total. The summed E-state index contributed by atoms with van der Waals surface area (Å²) >= 11 is 0. The molecule has 1 amide bonds. The zero-order valence-corrected chi connectivity index (χ0v) is 17.0. The van der Waals surface area contributed by atoms with Gasteiger partial charge in [-0.15, -0.1) is 0 Å². The molecule has 0 bridgehead atoms. The van der Waals surface area contributed by atoms with Gasteiger partial charge in [0, 0.05) is 18.8 Å². The number of sulfonamides is 1. The lowest BCUT2D eigenvalue weighted by Gasteiger charge is -2.19.